The third-order valence-electron chi connectivity index (χ3n) is 5.34. The summed E-state index contributed by atoms with van der Waals surface area (Å²) in [6.07, 6.45) is 3.28. The number of hydrogen-bond donors (Lipinski definition) is 2. The van der Waals surface area contributed by atoms with Gasteiger partial charge in [-0.3, -0.25) is 10.1 Å². The molecule has 32 heavy (non-hydrogen) atoms. The van der Waals surface area contributed by atoms with Gasteiger partial charge in [0.25, 0.3) is 0 Å². The molecule has 2 N–H and O–H groups in total. The quantitative estimate of drug-likeness (QED) is 0.515. The number of anilines is 1. The first-order valence-corrected chi connectivity index (χ1v) is 12.2. The third kappa shape index (κ3) is 5.05. The van der Waals surface area contributed by atoms with Crippen molar-refractivity contribution in [2.24, 2.45) is 0 Å². The van der Waals surface area contributed by atoms with Crippen LogP contribution in [0.15, 0.2) is 76.2 Å². The fourth-order valence-corrected chi connectivity index (χ4v) is 5.42. The summed E-state index contributed by atoms with van der Waals surface area (Å²) in [5.41, 5.74) is 1.21. The second kappa shape index (κ2) is 9.87. The summed E-state index contributed by atoms with van der Waals surface area (Å²) in [4.78, 5) is 12.8. The maximum atomic E-state index is 12.8. The summed E-state index contributed by atoms with van der Waals surface area (Å²) >= 11 is 6.23. The van der Waals surface area contributed by atoms with Gasteiger partial charge in [0.15, 0.2) is 0 Å². The van der Waals surface area contributed by atoms with Gasteiger partial charge in [-0.15, -0.1) is 0 Å². The van der Waals surface area contributed by atoms with Gasteiger partial charge in [-0.1, -0.05) is 41.9 Å². The Hall–Kier alpha value is -2.65. The monoisotopic (exact) mass is 473 g/mol. The molecule has 2 heterocycles. The normalized spacial score (nSPS) is 15.5. The predicted molar refractivity (Wildman–Crippen MR) is 123 cm³/mol. The largest absolute Gasteiger partial charge is 0.467 e. The number of benzene rings is 2. The SMILES string of the molecule is O=C(CNC(c1ccccc1)c1ccco1)Nc1cc(S(=O)(=O)N2CCCC2)ccc1Cl. The lowest BCUT2D eigenvalue weighted by atomic mass is 10.0. The number of amides is 1. The van der Waals surface area contributed by atoms with Crippen molar-refractivity contribution in [3.05, 3.63) is 83.3 Å². The van der Waals surface area contributed by atoms with Gasteiger partial charge in [0, 0.05) is 13.1 Å². The summed E-state index contributed by atoms with van der Waals surface area (Å²) in [6.45, 7) is 0.980. The number of furan rings is 1. The van der Waals surface area contributed by atoms with Gasteiger partial charge in [0.1, 0.15) is 5.76 Å². The molecule has 1 atom stereocenters. The first-order valence-electron chi connectivity index (χ1n) is 10.4. The zero-order chi connectivity index (χ0) is 22.6. The van der Waals surface area contributed by atoms with Crippen LogP contribution in [0.4, 0.5) is 5.69 Å². The van der Waals surface area contributed by atoms with Crippen molar-refractivity contribution in [3.63, 3.8) is 0 Å². The molecule has 1 aromatic heterocycles. The van der Waals surface area contributed by atoms with Crippen LogP contribution >= 0.6 is 11.6 Å². The van der Waals surface area contributed by atoms with Gasteiger partial charge in [0.05, 0.1) is 34.5 Å². The average molecular weight is 474 g/mol. The molecule has 0 radical (unpaired) electrons. The lowest BCUT2D eigenvalue weighted by Crippen LogP contribution is -2.32. The van der Waals surface area contributed by atoms with E-state index in [4.69, 9.17) is 16.0 Å². The Kier molecular flexibility index (Phi) is 6.95. The molecule has 0 bridgehead atoms. The van der Waals surface area contributed by atoms with Crippen molar-refractivity contribution >= 4 is 33.2 Å². The average Bonchev–Trinajstić information content (AvgIpc) is 3.51. The van der Waals surface area contributed by atoms with Crippen LogP contribution < -0.4 is 10.6 Å². The highest BCUT2D eigenvalue weighted by Gasteiger charge is 2.28. The molecular weight excluding hydrogens is 450 g/mol. The van der Waals surface area contributed by atoms with E-state index in [2.05, 4.69) is 10.6 Å². The van der Waals surface area contributed by atoms with E-state index in [-0.39, 0.29) is 34.1 Å². The second-order valence-electron chi connectivity index (χ2n) is 7.54. The number of nitrogens with zero attached hydrogens (tertiary/aromatic N) is 1. The maximum absolute atomic E-state index is 12.8. The van der Waals surface area contributed by atoms with Gasteiger partial charge in [-0.05, 0) is 48.7 Å². The van der Waals surface area contributed by atoms with E-state index in [1.54, 1.807) is 12.3 Å². The Morgan fingerprint density at radius 2 is 1.81 bits per heavy atom. The second-order valence-corrected chi connectivity index (χ2v) is 9.89. The van der Waals surface area contributed by atoms with E-state index < -0.39 is 10.0 Å². The summed E-state index contributed by atoms with van der Waals surface area (Å²) in [5.74, 6) is 0.329. The highest BCUT2D eigenvalue weighted by molar-refractivity contribution is 7.89. The minimum atomic E-state index is -3.61. The van der Waals surface area contributed by atoms with E-state index in [9.17, 15) is 13.2 Å². The van der Waals surface area contributed by atoms with Crippen LogP contribution in [-0.2, 0) is 14.8 Å². The summed E-state index contributed by atoms with van der Waals surface area (Å²) in [7, 11) is -3.61. The smallest absolute Gasteiger partial charge is 0.243 e. The minimum absolute atomic E-state index is 0.0281. The summed E-state index contributed by atoms with van der Waals surface area (Å²) in [6, 6.07) is 17.3. The molecule has 2 aromatic carbocycles. The number of carbonyl (C=O) groups is 1. The Morgan fingerprint density at radius 1 is 1.06 bits per heavy atom. The molecule has 1 aliphatic heterocycles. The molecular formula is C23H24ClN3O4S. The number of hydrogen-bond acceptors (Lipinski definition) is 5. The molecule has 1 saturated heterocycles. The first kappa shape index (κ1) is 22.5. The zero-order valence-corrected chi connectivity index (χ0v) is 18.9. The molecule has 3 aromatic rings. The number of sulfonamides is 1. The van der Waals surface area contributed by atoms with E-state index in [0.717, 1.165) is 18.4 Å². The van der Waals surface area contributed by atoms with Crippen LogP contribution in [0, 0.1) is 0 Å². The molecule has 1 amide bonds. The first-order chi connectivity index (χ1) is 15.4. The molecule has 0 aliphatic carbocycles. The summed E-state index contributed by atoms with van der Waals surface area (Å²) in [5, 5.41) is 6.18. The molecule has 0 saturated carbocycles. The summed E-state index contributed by atoms with van der Waals surface area (Å²) < 4.78 is 32.7. The van der Waals surface area contributed by atoms with Gasteiger partial charge < -0.3 is 9.73 Å². The maximum Gasteiger partial charge on any atom is 0.243 e. The van der Waals surface area contributed by atoms with Gasteiger partial charge in [0.2, 0.25) is 15.9 Å². The Labute approximate surface area is 192 Å². The molecule has 0 spiro atoms. The molecule has 4 rings (SSSR count). The van der Waals surface area contributed by atoms with Crippen LogP contribution in [0.3, 0.4) is 0 Å². The Morgan fingerprint density at radius 3 is 2.50 bits per heavy atom. The lowest BCUT2D eigenvalue weighted by molar-refractivity contribution is -0.115. The third-order valence-corrected chi connectivity index (χ3v) is 7.57. The fourth-order valence-electron chi connectivity index (χ4n) is 3.71. The van der Waals surface area contributed by atoms with Crippen LogP contribution in [-0.4, -0.2) is 38.3 Å². The van der Waals surface area contributed by atoms with Crippen molar-refractivity contribution in [2.75, 3.05) is 25.0 Å². The molecule has 1 aliphatic rings. The van der Waals surface area contributed by atoms with Crippen molar-refractivity contribution in [1.82, 2.24) is 9.62 Å². The van der Waals surface area contributed by atoms with E-state index >= 15 is 0 Å². The van der Waals surface area contributed by atoms with Crippen LogP contribution in [0.5, 0.6) is 0 Å². The fraction of sp³-hybridized carbons (Fsp3) is 0.261. The van der Waals surface area contributed by atoms with E-state index in [0.29, 0.717) is 18.8 Å². The predicted octanol–water partition coefficient (Wildman–Crippen LogP) is 4.04. The van der Waals surface area contributed by atoms with Gasteiger partial charge in [-0.2, -0.15) is 4.31 Å². The van der Waals surface area contributed by atoms with Crippen molar-refractivity contribution in [3.8, 4) is 0 Å². The minimum Gasteiger partial charge on any atom is -0.467 e. The van der Waals surface area contributed by atoms with Gasteiger partial charge in [-0.25, -0.2) is 8.42 Å². The molecule has 7 nitrogen and oxygen atoms in total. The van der Waals surface area contributed by atoms with E-state index in [1.165, 1.54) is 22.5 Å². The van der Waals surface area contributed by atoms with Crippen LogP contribution in [0.25, 0.3) is 0 Å². The van der Waals surface area contributed by atoms with Crippen LogP contribution in [0.1, 0.15) is 30.2 Å². The number of rotatable bonds is 8. The standard InChI is InChI=1S/C23H24ClN3O4S/c24-19-11-10-18(32(29,30)27-12-4-5-13-27)15-20(19)26-22(28)16-25-23(21-9-6-14-31-21)17-7-2-1-3-8-17/h1-3,6-11,14-15,23,25H,4-5,12-13,16H2,(H,26,28). The highest BCUT2D eigenvalue weighted by Crippen LogP contribution is 2.28. The van der Waals surface area contributed by atoms with Crippen molar-refractivity contribution < 1.29 is 17.6 Å². The van der Waals surface area contributed by atoms with Crippen molar-refractivity contribution in [2.45, 2.75) is 23.8 Å². The van der Waals surface area contributed by atoms with Crippen molar-refractivity contribution in [1.29, 1.82) is 0 Å². The molecule has 1 unspecified atom stereocenters. The molecule has 9 heteroatoms. The molecule has 168 valence electrons. The topological polar surface area (TPSA) is 91.6 Å². The zero-order valence-electron chi connectivity index (χ0n) is 17.3. The highest BCUT2D eigenvalue weighted by atomic mass is 35.5. The number of halogens is 1. The van der Waals surface area contributed by atoms with Crippen LogP contribution in [0.2, 0.25) is 5.02 Å². The Balaban J connectivity index is 1.47. The lowest BCUT2D eigenvalue weighted by Gasteiger charge is -2.18. The van der Waals surface area contributed by atoms with Gasteiger partial charge >= 0.3 is 0 Å². The number of carbonyl (C=O) groups excluding carboxylic acids is 1. The number of nitrogens with one attached hydrogen (secondary N) is 2. The molecule has 1 fully saturated rings. The van der Waals surface area contributed by atoms with E-state index in [1.807, 2.05) is 36.4 Å². The Bertz CT molecular complexity index is 1160.